The van der Waals surface area contributed by atoms with Gasteiger partial charge in [-0.05, 0) is 37.0 Å². The minimum atomic E-state index is 0.283. The van der Waals surface area contributed by atoms with Gasteiger partial charge in [0.2, 0.25) is 5.88 Å². The predicted octanol–water partition coefficient (Wildman–Crippen LogP) is 3.47. The lowest BCUT2D eigenvalue weighted by Gasteiger charge is -2.34. The molecule has 4 nitrogen and oxygen atoms in total. The SMILES string of the molecule is CC(C)c1nn(C)c(OC2CCC(C)(C)CC2)c1N. The van der Waals surface area contributed by atoms with Gasteiger partial charge in [0, 0.05) is 7.05 Å². The normalized spacial score (nSPS) is 19.9. The lowest BCUT2D eigenvalue weighted by molar-refractivity contribution is 0.0918. The van der Waals surface area contributed by atoms with Crippen LogP contribution in [0.25, 0.3) is 0 Å². The number of hydrogen-bond donors (Lipinski definition) is 1. The molecular formula is C15H27N3O. The fourth-order valence-electron chi connectivity index (χ4n) is 2.76. The molecular weight excluding hydrogens is 238 g/mol. The third kappa shape index (κ3) is 3.04. The number of rotatable bonds is 3. The van der Waals surface area contributed by atoms with Gasteiger partial charge in [-0.15, -0.1) is 0 Å². The minimum absolute atomic E-state index is 0.283. The van der Waals surface area contributed by atoms with Crippen molar-refractivity contribution in [2.24, 2.45) is 12.5 Å². The average Bonchev–Trinajstić information content (AvgIpc) is 2.59. The van der Waals surface area contributed by atoms with Gasteiger partial charge in [0.25, 0.3) is 0 Å². The summed E-state index contributed by atoms with van der Waals surface area (Å²) in [5.74, 6) is 1.07. The van der Waals surface area contributed by atoms with Crippen LogP contribution in [0.4, 0.5) is 5.69 Å². The molecule has 108 valence electrons. The van der Waals surface area contributed by atoms with Crippen LogP contribution in [0.1, 0.15) is 65.0 Å². The topological polar surface area (TPSA) is 53.1 Å². The van der Waals surface area contributed by atoms with Crippen molar-refractivity contribution in [2.45, 2.75) is 65.4 Å². The van der Waals surface area contributed by atoms with Crippen molar-refractivity contribution in [2.75, 3.05) is 5.73 Å². The molecule has 0 bridgehead atoms. The van der Waals surface area contributed by atoms with Crippen LogP contribution in [0.2, 0.25) is 0 Å². The van der Waals surface area contributed by atoms with Crippen LogP contribution in [-0.2, 0) is 7.05 Å². The molecule has 1 fully saturated rings. The van der Waals surface area contributed by atoms with Gasteiger partial charge < -0.3 is 10.5 Å². The van der Waals surface area contributed by atoms with Crippen molar-refractivity contribution in [3.63, 3.8) is 0 Å². The molecule has 2 rings (SSSR count). The molecule has 0 aromatic carbocycles. The maximum atomic E-state index is 6.17. The maximum absolute atomic E-state index is 6.17. The summed E-state index contributed by atoms with van der Waals surface area (Å²) in [6, 6.07) is 0. The van der Waals surface area contributed by atoms with E-state index in [2.05, 4.69) is 32.8 Å². The van der Waals surface area contributed by atoms with Gasteiger partial charge in [-0.1, -0.05) is 27.7 Å². The number of nitrogen functional groups attached to an aromatic ring is 1. The van der Waals surface area contributed by atoms with Gasteiger partial charge in [-0.2, -0.15) is 5.10 Å². The van der Waals surface area contributed by atoms with Crippen LogP contribution in [0.5, 0.6) is 5.88 Å². The monoisotopic (exact) mass is 265 g/mol. The first-order valence-corrected chi connectivity index (χ1v) is 7.29. The Labute approximate surface area is 116 Å². The highest BCUT2D eigenvalue weighted by Crippen LogP contribution is 2.38. The number of aryl methyl sites for hydroxylation is 1. The lowest BCUT2D eigenvalue weighted by Crippen LogP contribution is -2.29. The largest absolute Gasteiger partial charge is 0.473 e. The van der Waals surface area contributed by atoms with Crippen LogP contribution in [0.15, 0.2) is 0 Å². The Morgan fingerprint density at radius 3 is 2.37 bits per heavy atom. The van der Waals surface area contributed by atoms with Crippen molar-refractivity contribution in [3.05, 3.63) is 5.69 Å². The summed E-state index contributed by atoms with van der Waals surface area (Å²) in [5, 5.41) is 4.47. The third-order valence-corrected chi connectivity index (χ3v) is 4.17. The second-order valence-electron chi connectivity index (χ2n) is 6.86. The number of hydrogen-bond acceptors (Lipinski definition) is 3. The molecule has 4 heteroatoms. The van der Waals surface area contributed by atoms with Crippen LogP contribution in [0.3, 0.4) is 0 Å². The van der Waals surface area contributed by atoms with E-state index in [1.165, 1.54) is 12.8 Å². The molecule has 1 aliphatic rings. The fourth-order valence-corrected chi connectivity index (χ4v) is 2.76. The van der Waals surface area contributed by atoms with Crippen LogP contribution >= 0.6 is 0 Å². The van der Waals surface area contributed by atoms with Crippen LogP contribution < -0.4 is 10.5 Å². The zero-order valence-corrected chi connectivity index (χ0v) is 12.9. The fraction of sp³-hybridized carbons (Fsp3) is 0.800. The average molecular weight is 265 g/mol. The summed E-state index contributed by atoms with van der Waals surface area (Å²) in [4.78, 5) is 0. The number of aromatic nitrogens is 2. The molecule has 1 saturated carbocycles. The van der Waals surface area contributed by atoms with Crippen LogP contribution in [0, 0.1) is 5.41 Å². The molecule has 0 saturated heterocycles. The molecule has 0 spiro atoms. The number of nitrogens with two attached hydrogens (primary N) is 1. The number of ether oxygens (including phenoxy) is 1. The summed E-state index contributed by atoms with van der Waals surface area (Å²) in [6.45, 7) is 8.87. The van der Waals surface area contributed by atoms with Gasteiger partial charge in [-0.3, -0.25) is 0 Å². The minimum Gasteiger partial charge on any atom is -0.473 e. The molecule has 2 N–H and O–H groups in total. The first-order valence-electron chi connectivity index (χ1n) is 7.29. The Morgan fingerprint density at radius 2 is 1.89 bits per heavy atom. The molecule has 1 aliphatic carbocycles. The van der Waals surface area contributed by atoms with Crippen molar-refractivity contribution >= 4 is 5.69 Å². The Morgan fingerprint density at radius 1 is 1.32 bits per heavy atom. The summed E-state index contributed by atoms with van der Waals surface area (Å²) < 4.78 is 7.90. The van der Waals surface area contributed by atoms with Gasteiger partial charge in [0.05, 0.1) is 5.69 Å². The van der Waals surface area contributed by atoms with Gasteiger partial charge in [0.1, 0.15) is 11.8 Å². The van der Waals surface area contributed by atoms with Gasteiger partial charge in [-0.25, -0.2) is 4.68 Å². The summed E-state index contributed by atoms with van der Waals surface area (Å²) in [7, 11) is 1.91. The third-order valence-electron chi connectivity index (χ3n) is 4.17. The number of anilines is 1. The smallest absolute Gasteiger partial charge is 0.236 e. The molecule has 19 heavy (non-hydrogen) atoms. The Bertz CT molecular complexity index is 438. The first kappa shape index (κ1) is 14.2. The second kappa shape index (κ2) is 5.06. The van der Waals surface area contributed by atoms with E-state index in [0.29, 0.717) is 17.0 Å². The highest BCUT2D eigenvalue weighted by atomic mass is 16.5. The van der Waals surface area contributed by atoms with Crippen molar-refractivity contribution in [1.29, 1.82) is 0 Å². The Hall–Kier alpha value is -1.19. The Balaban J connectivity index is 2.08. The molecule has 1 aromatic rings. The number of nitrogens with zero attached hydrogens (tertiary/aromatic N) is 2. The Kier molecular flexibility index (Phi) is 3.79. The van der Waals surface area contributed by atoms with E-state index in [1.54, 1.807) is 4.68 Å². The van der Waals surface area contributed by atoms with E-state index >= 15 is 0 Å². The highest BCUT2D eigenvalue weighted by Gasteiger charge is 2.29. The van der Waals surface area contributed by atoms with E-state index in [9.17, 15) is 0 Å². The van der Waals surface area contributed by atoms with Crippen LogP contribution in [-0.4, -0.2) is 15.9 Å². The molecule has 0 radical (unpaired) electrons. The molecule has 0 aliphatic heterocycles. The standard InChI is InChI=1S/C15H27N3O/c1-10(2)13-12(16)14(18(5)17-13)19-11-6-8-15(3,4)9-7-11/h10-11H,6-9,16H2,1-5H3. The van der Waals surface area contributed by atoms with E-state index in [4.69, 9.17) is 10.5 Å². The first-order chi connectivity index (χ1) is 8.80. The van der Waals surface area contributed by atoms with Crippen molar-refractivity contribution < 1.29 is 4.74 Å². The summed E-state index contributed by atoms with van der Waals surface area (Å²) in [6.07, 6.45) is 4.92. The summed E-state index contributed by atoms with van der Waals surface area (Å²) in [5.41, 5.74) is 8.28. The predicted molar refractivity (Wildman–Crippen MR) is 78.4 cm³/mol. The molecule has 1 aromatic heterocycles. The second-order valence-corrected chi connectivity index (χ2v) is 6.86. The van der Waals surface area contributed by atoms with E-state index in [-0.39, 0.29) is 6.10 Å². The molecule has 0 amide bonds. The van der Waals surface area contributed by atoms with E-state index in [1.807, 2.05) is 7.05 Å². The summed E-state index contributed by atoms with van der Waals surface area (Å²) >= 11 is 0. The van der Waals surface area contributed by atoms with E-state index < -0.39 is 0 Å². The quantitative estimate of drug-likeness (QED) is 0.910. The van der Waals surface area contributed by atoms with Crippen molar-refractivity contribution in [1.82, 2.24) is 9.78 Å². The lowest BCUT2D eigenvalue weighted by atomic mass is 9.76. The van der Waals surface area contributed by atoms with E-state index in [0.717, 1.165) is 24.4 Å². The zero-order valence-electron chi connectivity index (χ0n) is 12.9. The molecule has 0 atom stereocenters. The van der Waals surface area contributed by atoms with Gasteiger partial charge in [0.15, 0.2) is 0 Å². The molecule has 1 heterocycles. The maximum Gasteiger partial charge on any atom is 0.236 e. The highest BCUT2D eigenvalue weighted by molar-refractivity contribution is 5.54. The zero-order chi connectivity index (χ0) is 14.2. The van der Waals surface area contributed by atoms with Gasteiger partial charge >= 0.3 is 0 Å². The molecule has 0 unspecified atom stereocenters. The van der Waals surface area contributed by atoms with Crippen molar-refractivity contribution in [3.8, 4) is 5.88 Å².